The first-order chi connectivity index (χ1) is 10.1. The molecule has 0 unspecified atom stereocenters. The highest BCUT2D eigenvalue weighted by Gasteiger charge is 2.06. The number of pyridine rings is 1. The van der Waals surface area contributed by atoms with Gasteiger partial charge in [0.2, 0.25) is 0 Å². The molecule has 0 aliphatic rings. The summed E-state index contributed by atoms with van der Waals surface area (Å²) in [6.07, 6.45) is 0. The molecule has 1 heterocycles. The summed E-state index contributed by atoms with van der Waals surface area (Å²) in [6, 6.07) is 9.15. The van der Waals surface area contributed by atoms with Crippen molar-refractivity contribution in [2.45, 2.75) is 6.92 Å². The molecule has 21 heavy (non-hydrogen) atoms. The van der Waals surface area contributed by atoms with Crippen LogP contribution < -0.4 is 16.4 Å². The van der Waals surface area contributed by atoms with E-state index in [1.165, 1.54) is 18.2 Å². The van der Waals surface area contributed by atoms with Gasteiger partial charge in [0, 0.05) is 24.3 Å². The van der Waals surface area contributed by atoms with Crippen molar-refractivity contribution in [3.8, 4) is 0 Å². The standard InChI is InChI=1S/C15H17FN4O/c1-10-5-6-13(17)14(20-10)18-7-8-19-15(21)11-3-2-4-12(16)9-11/h2-6,9H,7-8,17H2,1H3,(H,18,20)(H,19,21). The highest BCUT2D eigenvalue weighted by molar-refractivity contribution is 5.94. The van der Waals surface area contributed by atoms with E-state index in [-0.39, 0.29) is 5.91 Å². The second-order valence-electron chi connectivity index (χ2n) is 4.58. The van der Waals surface area contributed by atoms with Crippen molar-refractivity contribution in [2.24, 2.45) is 0 Å². The van der Waals surface area contributed by atoms with Crippen LogP contribution >= 0.6 is 0 Å². The van der Waals surface area contributed by atoms with E-state index in [2.05, 4.69) is 15.6 Å². The number of halogens is 1. The van der Waals surface area contributed by atoms with E-state index in [1.807, 2.05) is 13.0 Å². The van der Waals surface area contributed by atoms with Gasteiger partial charge in [-0.2, -0.15) is 0 Å². The average molecular weight is 288 g/mol. The summed E-state index contributed by atoms with van der Waals surface area (Å²) in [7, 11) is 0. The third-order valence-corrected chi connectivity index (χ3v) is 2.86. The van der Waals surface area contributed by atoms with Crippen LogP contribution in [0.3, 0.4) is 0 Å². The van der Waals surface area contributed by atoms with Crippen LogP contribution in [0.1, 0.15) is 16.1 Å². The summed E-state index contributed by atoms with van der Waals surface area (Å²) < 4.78 is 13.0. The summed E-state index contributed by atoms with van der Waals surface area (Å²) in [5, 5.41) is 5.74. The van der Waals surface area contributed by atoms with Gasteiger partial charge in [0.05, 0.1) is 5.69 Å². The highest BCUT2D eigenvalue weighted by Crippen LogP contribution is 2.14. The van der Waals surface area contributed by atoms with Gasteiger partial charge in [0.25, 0.3) is 5.91 Å². The number of benzene rings is 1. The number of carbonyl (C=O) groups excluding carboxylic acids is 1. The first kappa shape index (κ1) is 14.8. The number of carbonyl (C=O) groups is 1. The van der Waals surface area contributed by atoms with Gasteiger partial charge in [-0.3, -0.25) is 4.79 Å². The van der Waals surface area contributed by atoms with Crippen LogP contribution in [0.15, 0.2) is 36.4 Å². The van der Waals surface area contributed by atoms with E-state index < -0.39 is 5.82 Å². The number of nitrogen functional groups attached to an aromatic ring is 1. The normalized spacial score (nSPS) is 10.2. The Morgan fingerprint density at radius 3 is 2.86 bits per heavy atom. The predicted octanol–water partition coefficient (Wildman–Crippen LogP) is 1.95. The van der Waals surface area contributed by atoms with Gasteiger partial charge in [0.15, 0.2) is 0 Å². The Morgan fingerprint density at radius 1 is 1.29 bits per heavy atom. The summed E-state index contributed by atoms with van der Waals surface area (Å²) in [4.78, 5) is 16.0. The molecule has 0 atom stereocenters. The third-order valence-electron chi connectivity index (χ3n) is 2.86. The van der Waals surface area contributed by atoms with Gasteiger partial charge < -0.3 is 16.4 Å². The maximum Gasteiger partial charge on any atom is 0.251 e. The van der Waals surface area contributed by atoms with Gasteiger partial charge in [-0.1, -0.05) is 6.07 Å². The molecule has 0 fully saturated rings. The fraction of sp³-hybridized carbons (Fsp3) is 0.200. The van der Waals surface area contributed by atoms with Crippen molar-refractivity contribution in [1.29, 1.82) is 0 Å². The second-order valence-corrected chi connectivity index (χ2v) is 4.58. The van der Waals surface area contributed by atoms with E-state index >= 15 is 0 Å². The fourth-order valence-electron chi connectivity index (χ4n) is 1.80. The molecular formula is C15H17FN4O. The van der Waals surface area contributed by atoms with E-state index in [4.69, 9.17) is 5.73 Å². The lowest BCUT2D eigenvalue weighted by Gasteiger charge is -2.10. The number of hydrogen-bond acceptors (Lipinski definition) is 4. The summed E-state index contributed by atoms with van der Waals surface area (Å²) in [5.41, 5.74) is 7.49. The molecule has 0 aliphatic carbocycles. The number of amides is 1. The van der Waals surface area contributed by atoms with E-state index in [1.54, 1.807) is 12.1 Å². The number of nitrogens with two attached hydrogens (primary N) is 1. The predicted molar refractivity (Wildman–Crippen MR) is 80.6 cm³/mol. The van der Waals surface area contributed by atoms with Gasteiger partial charge >= 0.3 is 0 Å². The quantitative estimate of drug-likeness (QED) is 0.735. The van der Waals surface area contributed by atoms with Gasteiger partial charge in [-0.25, -0.2) is 9.37 Å². The second kappa shape index (κ2) is 6.69. The Labute approximate surface area is 122 Å². The van der Waals surface area contributed by atoms with Crippen molar-refractivity contribution in [3.63, 3.8) is 0 Å². The first-order valence-corrected chi connectivity index (χ1v) is 6.57. The van der Waals surface area contributed by atoms with Crippen LogP contribution in [-0.4, -0.2) is 24.0 Å². The minimum atomic E-state index is -0.433. The summed E-state index contributed by atoms with van der Waals surface area (Å²) >= 11 is 0. The van der Waals surface area contributed by atoms with Crippen molar-refractivity contribution in [3.05, 3.63) is 53.5 Å². The van der Waals surface area contributed by atoms with E-state index in [9.17, 15) is 9.18 Å². The molecule has 0 aliphatic heterocycles. The number of aryl methyl sites for hydroxylation is 1. The van der Waals surface area contributed by atoms with Crippen molar-refractivity contribution < 1.29 is 9.18 Å². The number of nitrogens with zero attached hydrogens (tertiary/aromatic N) is 1. The molecule has 6 heteroatoms. The van der Waals surface area contributed by atoms with Crippen molar-refractivity contribution in [2.75, 3.05) is 24.1 Å². The van der Waals surface area contributed by atoms with Crippen LogP contribution in [0.5, 0.6) is 0 Å². The zero-order valence-corrected chi connectivity index (χ0v) is 11.7. The summed E-state index contributed by atoms with van der Waals surface area (Å²) in [5.74, 6) is -0.158. The van der Waals surface area contributed by atoms with Crippen molar-refractivity contribution >= 4 is 17.4 Å². The number of hydrogen-bond donors (Lipinski definition) is 3. The van der Waals surface area contributed by atoms with Crippen molar-refractivity contribution in [1.82, 2.24) is 10.3 Å². The molecule has 5 nitrogen and oxygen atoms in total. The molecule has 0 saturated carbocycles. The Kier molecular flexibility index (Phi) is 4.71. The lowest BCUT2D eigenvalue weighted by Crippen LogP contribution is -2.29. The fourth-order valence-corrected chi connectivity index (χ4v) is 1.80. The van der Waals surface area contributed by atoms with Crippen LogP contribution in [0.2, 0.25) is 0 Å². The van der Waals surface area contributed by atoms with Crippen LogP contribution in [0.25, 0.3) is 0 Å². The molecule has 0 saturated heterocycles. The molecule has 2 rings (SSSR count). The molecule has 1 aromatic carbocycles. The number of nitrogens with one attached hydrogen (secondary N) is 2. The SMILES string of the molecule is Cc1ccc(N)c(NCCNC(=O)c2cccc(F)c2)n1. The van der Waals surface area contributed by atoms with E-state index in [0.717, 1.165) is 5.69 Å². The molecular weight excluding hydrogens is 271 g/mol. The molecule has 110 valence electrons. The zero-order valence-electron chi connectivity index (χ0n) is 11.7. The monoisotopic (exact) mass is 288 g/mol. The average Bonchev–Trinajstić information content (AvgIpc) is 2.46. The highest BCUT2D eigenvalue weighted by atomic mass is 19.1. The van der Waals surface area contributed by atoms with Crippen LogP contribution in [0, 0.1) is 12.7 Å². The topological polar surface area (TPSA) is 80.0 Å². The third kappa shape index (κ3) is 4.17. The van der Waals surface area contributed by atoms with Gasteiger partial charge in [-0.05, 0) is 37.3 Å². The maximum atomic E-state index is 13.0. The minimum absolute atomic E-state index is 0.295. The van der Waals surface area contributed by atoms with Crippen LogP contribution in [0.4, 0.5) is 15.9 Å². The molecule has 0 bridgehead atoms. The lowest BCUT2D eigenvalue weighted by atomic mass is 10.2. The zero-order chi connectivity index (χ0) is 15.2. The van der Waals surface area contributed by atoms with E-state index in [0.29, 0.717) is 30.2 Å². The number of rotatable bonds is 5. The number of anilines is 2. The molecule has 4 N–H and O–H groups in total. The van der Waals surface area contributed by atoms with Gasteiger partial charge in [-0.15, -0.1) is 0 Å². The minimum Gasteiger partial charge on any atom is -0.396 e. The Bertz CT molecular complexity index is 645. The molecule has 1 amide bonds. The Hall–Kier alpha value is -2.63. The molecule has 0 radical (unpaired) electrons. The summed E-state index contributed by atoms with van der Waals surface area (Å²) in [6.45, 7) is 2.72. The van der Waals surface area contributed by atoms with Crippen LogP contribution in [-0.2, 0) is 0 Å². The maximum absolute atomic E-state index is 13.0. The Balaban J connectivity index is 1.82. The lowest BCUT2D eigenvalue weighted by molar-refractivity contribution is 0.0954. The number of aromatic nitrogens is 1. The smallest absolute Gasteiger partial charge is 0.251 e. The largest absolute Gasteiger partial charge is 0.396 e. The first-order valence-electron chi connectivity index (χ1n) is 6.57. The Morgan fingerprint density at radius 2 is 2.10 bits per heavy atom. The molecule has 0 spiro atoms. The molecule has 1 aromatic heterocycles. The molecule has 2 aromatic rings. The van der Waals surface area contributed by atoms with Gasteiger partial charge in [0.1, 0.15) is 11.6 Å².